The highest BCUT2D eigenvalue weighted by Crippen LogP contribution is 2.29. The lowest BCUT2D eigenvalue weighted by Gasteiger charge is -2.26. The molecule has 1 aliphatic heterocycles. The minimum atomic E-state index is 0. The Balaban J connectivity index is 0.00000261. The minimum absolute atomic E-state index is 0. The van der Waals surface area contributed by atoms with Crippen LogP contribution in [0.1, 0.15) is 18.1 Å². The molecule has 0 aliphatic carbocycles. The van der Waals surface area contributed by atoms with Crippen LogP contribution >= 0.6 is 24.0 Å². The maximum absolute atomic E-state index is 6.03. The number of anilines is 1. The molecule has 3 N–H and O–H groups in total. The van der Waals surface area contributed by atoms with E-state index in [0.29, 0.717) is 18.5 Å². The van der Waals surface area contributed by atoms with Gasteiger partial charge in [0.2, 0.25) is 0 Å². The average molecular weight is 480 g/mol. The van der Waals surface area contributed by atoms with Crippen molar-refractivity contribution in [3.05, 3.63) is 59.7 Å². The molecule has 2 aromatic rings. The van der Waals surface area contributed by atoms with Gasteiger partial charge in [-0.2, -0.15) is 0 Å². The Labute approximate surface area is 179 Å². The van der Waals surface area contributed by atoms with Crippen LogP contribution in [0.4, 0.5) is 5.69 Å². The third-order valence-electron chi connectivity index (χ3n) is 4.86. The van der Waals surface area contributed by atoms with E-state index in [1.807, 2.05) is 12.1 Å². The molecule has 1 atom stereocenters. The Bertz CT molecular complexity index is 748. The van der Waals surface area contributed by atoms with Crippen molar-refractivity contribution in [1.82, 2.24) is 5.32 Å². The predicted octanol–water partition coefficient (Wildman–Crippen LogP) is 3.21. The fourth-order valence-electron chi connectivity index (χ4n) is 3.33. The molecular formula is C21H29IN4O. The molecule has 0 amide bonds. The van der Waals surface area contributed by atoms with E-state index in [4.69, 9.17) is 10.5 Å². The highest BCUT2D eigenvalue weighted by Gasteiger charge is 2.22. The number of benzene rings is 2. The van der Waals surface area contributed by atoms with Crippen LogP contribution < -0.4 is 20.7 Å². The van der Waals surface area contributed by atoms with Crippen LogP contribution in [0, 0.1) is 0 Å². The average Bonchev–Trinajstić information content (AvgIpc) is 3.11. The number of hydrogen-bond donors (Lipinski definition) is 2. The van der Waals surface area contributed by atoms with Crippen molar-refractivity contribution in [1.29, 1.82) is 0 Å². The number of guanidine groups is 1. The van der Waals surface area contributed by atoms with Crippen LogP contribution in [0.25, 0.3) is 0 Å². The lowest BCUT2D eigenvalue weighted by Crippen LogP contribution is -2.37. The summed E-state index contributed by atoms with van der Waals surface area (Å²) >= 11 is 0. The Morgan fingerprint density at radius 2 is 1.96 bits per heavy atom. The quantitative estimate of drug-likeness (QED) is 0.363. The van der Waals surface area contributed by atoms with E-state index in [-0.39, 0.29) is 24.0 Å². The highest BCUT2D eigenvalue weighted by atomic mass is 127. The van der Waals surface area contributed by atoms with Crippen LogP contribution in [0.2, 0.25) is 0 Å². The number of methoxy groups -OCH3 is 1. The van der Waals surface area contributed by atoms with Crippen molar-refractivity contribution in [2.75, 3.05) is 31.6 Å². The van der Waals surface area contributed by atoms with Crippen LogP contribution in [0.15, 0.2) is 53.5 Å². The van der Waals surface area contributed by atoms with Crippen LogP contribution in [0.5, 0.6) is 5.75 Å². The molecule has 0 fully saturated rings. The van der Waals surface area contributed by atoms with Crippen molar-refractivity contribution in [2.24, 2.45) is 10.7 Å². The van der Waals surface area contributed by atoms with Crippen molar-refractivity contribution >= 4 is 35.6 Å². The molecular weight excluding hydrogens is 451 g/mol. The number of nitrogens with two attached hydrogens (primary N) is 1. The lowest BCUT2D eigenvalue weighted by atomic mass is 10.1. The normalized spacial score (nSPS) is 14.3. The molecule has 0 bridgehead atoms. The molecule has 0 aromatic heterocycles. The summed E-state index contributed by atoms with van der Waals surface area (Å²) in [5.74, 6) is 1.39. The van der Waals surface area contributed by atoms with Crippen molar-refractivity contribution in [2.45, 2.75) is 25.8 Å². The van der Waals surface area contributed by atoms with Gasteiger partial charge in [0, 0.05) is 24.8 Å². The monoisotopic (exact) mass is 480 g/mol. The topological polar surface area (TPSA) is 62.9 Å². The van der Waals surface area contributed by atoms with E-state index in [1.165, 1.54) is 16.8 Å². The van der Waals surface area contributed by atoms with Gasteiger partial charge in [-0.25, -0.2) is 0 Å². The Morgan fingerprint density at radius 1 is 1.22 bits per heavy atom. The second-order valence-electron chi connectivity index (χ2n) is 6.67. The fourth-order valence-corrected chi connectivity index (χ4v) is 3.33. The van der Waals surface area contributed by atoms with E-state index < -0.39 is 0 Å². The van der Waals surface area contributed by atoms with Crippen molar-refractivity contribution in [3.8, 4) is 5.75 Å². The summed E-state index contributed by atoms with van der Waals surface area (Å²) in [6, 6.07) is 17.0. The summed E-state index contributed by atoms with van der Waals surface area (Å²) < 4.78 is 5.17. The molecule has 3 rings (SSSR count). The standard InChI is InChI=1S/C21H28N4O.HI/c1-16(25-14-12-18-5-3-4-6-20(18)25)15-24-21(22)23-13-11-17-7-9-19(26-2)10-8-17;/h3-10,16H,11-15H2,1-2H3,(H3,22,23,24);1H. The first-order chi connectivity index (χ1) is 12.7. The summed E-state index contributed by atoms with van der Waals surface area (Å²) in [6.45, 7) is 4.72. The maximum Gasteiger partial charge on any atom is 0.188 e. The maximum atomic E-state index is 6.03. The third kappa shape index (κ3) is 5.76. The fraction of sp³-hybridized carbons (Fsp3) is 0.381. The molecule has 1 heterocycles. The van der Waals surface area contributed by atoms with E-state index in [9.17, 15) is 0 Å². The van der Waals surface area contributed by atoms with Gasteiger partial charge in [0.25, 0.3) is 0 Å². The predicted molar refractivity (Wildman–Crippen MR) is 124 cm³/mol. The smallest absolute Gasteiger partial charge is 0.188 e. The van der Waals surface area contributed by atoms with Gasteiger partial charge in [-0.05, 0) is 49.1 Å². The highest BCUT2D eigenvalue weighted by molar-refractivity contribution is 14.0. The van der Waals surface area contributed by atoms with Gasteiger partial charge in [0.15, 0.2) is 5.96 Å². The molecule has 146 valence electrons. The SMILES string of the molecule is COc1ccc(CCNC(N)=NCC(C)N2CCc3ccccc32)cc1.I. The Hall–Kier alpha value is -1.96. The number of rotatable bonds is 7. The van der Waals surface area contributed by atoms with Gasteiger partial charge in [-0.3, -0.25) is 4.99 Å². The molecule has 0 saturated heterocycles. The molecule has 27 heavy (non-hydrogen) atoms. The first kappa shape index (κ1) is 21.3. The van der Waals surface area contributed by atoms with Gasteiger partial charge >= 0.3 is 0 Å². The third-order valence-corrected chi connectivity index (χ3v) is 4.86. The van der Waals surface area contributed by atoms with E-state index in [0.717, 1.165) is 31.7 Å². The van der Waals surface area contributed by atoms with E-state index in [1.54, 1.807) is 7.11 Å². The summed E-state index contributed by atoms with van der Waals surface area (Å²) in [6.07, 6.45) is 2.01. The van der Waals surface area contributed by atoms with Crippen LogP contribution in [-0.4, -0.2) is 38.7 Å². The zero-order valence-corrected chi connectivity index (χ0v) is 18.4. The zero-order valence-electron chi connectivity index (χ0n) is 16.0. The molecule has 6 heteroatoms. The molecule has 0 spiro atoms. The molecule has 1 aliphatic rings. The summed E-state index contributed by atoms with van der Waals surface area (Å²) in [5, 5.41) is 3.20. The Morgan fingerprint density at radius 3 is 2.70 bits per heavy atom. The first-order valence-electron chi connectivity index (χ1n) is 9.18. The largest absolute Gasteiger partial charge is 0.497 e. The summed E-state index contributed by atoms with van der Waals surface area (Å²) in [5.41, 5.74) is 10.0. The molecule has 5 nitrogen and oxygen atoms in total. The molecule has 0 saturated carbocycles. The number of ether oxygens (including phenoxy) is 1. The molecule has 0 radical (unpaired) electrons. The van der Waals surface area contributed by atoms with E-state index >= 15 is 0 Å². The number of hydrogen-bond acceptors (Lipinski definition) is 3. The van der Waals surface area contributed by atoms with Crippen LogP contribution in [0.3, 0.4) is 0 Å². The van der Waals surface area contributed by atoms with Crippen LogP contribution in [-0.2, 0) is 12.8 Å². The number of nitrogens with one attached hydrogen (secondary N) is 1. The summed E-state index contributed by atoms with van der Waals surface area (Å²) in [7, 11) is 1.68. The van der Waals surface area contributed by atoms with E-state index in [2.05, 4.69) is 58.5 Å². The first-order valence-corrected chi connectivity index (χ1v) is 9.18. The second-order valence-corrected chi connectivity index (χ2v) is 6.67. The summed E-state index contributed by atoms with van der Waals surface area (Å²) in [4.78, 5) is 6.94. The number of para-hydroxylation sites is 1. The lowest BCUT2D eigenvalue weighted by molar-refractivity contribution is 0.414. The number of aliphatic imine (C=N–C) groups is 1. The van der Waals surface area contributed by atoms with Gasteiger partial charge in [-0.15, -0.1) is 24.0 Å². The van der Waals surface area contributed by atoms with Gasteiger partial charge < -0.3 is 20.7 Å². The second kappa shape index (κ2) is 10.4. The zero-order chi connectivity index (χ0) is 18.4. The van der Waals surface area contributed by atoms with Gasteiger partial charge in [0.1, 0.15) is 5.75 Å². The van der Waals surface area contributed by atoms with Gasteiger partial charge in [0.05, 0.1) is 13.7 Å². The molecule has 2 aromatic carbocycles. The minimum Gasteiger partial charge on any atom is -0.497 e. The number of nitrogens with zero attached hydrogens (tertiary/aromatic N) is 2. The van der Waals surface area contributed by atoms with Crippen molar-refractivity contribution < 1.29 is 4.74 Å². The van der Waals surface area contributed by atoms with Crippen molar-refractivity contribution in [3.63, 3.8) is 0 Å². The Kier molecular flexibility index (Phi) is 8.22. The number of halogens is 1. The number of fused-ring (bicyclic) bond motifs is 1. The van der Waals surface area contributed by atoms with Gasteiger partial charge in [-0.1, -0.05) is 30.3 Å². The molecule has 1 unspecified atom stereocenters.